The topological polar surface area (TPSA) is 83.8 Å². The molecule has 8 nitrogen and oxygen atoms in total. The number of nitrogens with zero attached hydrogens (tertiary/aromatic N) is 4. The summed E-state index contributed by atoms with van der Waals surface area (Å²) in [6.45, 7) is 2.67. The van der Waals surface area contributed by atoms with Crippen LogP contribution in [0, 0.1) is 0 Å². The molecule has 0 unspecified atom stereocenters. The molecule has 2 saturated heterocycles. The van der Waals surface area contributed by atoms with Crippen LogP contribution in [0.5, 0.6) is 0 Å². The number of rotatable bonds is 2. The summed E-state index contributed by atoms with van der Waals surface area (Å²) in [4.78, 5) is 35.4. The Morgan fingerprint density at radius 3 is 1.35 bits per heavy atom. The Bertz CT molecular complexity index is 328. The van der Waals surface area contributed by atoms with Gasteiger partial charge in [0.15, 0.2) is 0 Å². The number of amides is 2. The molecule has 0 aromatic carbocycles. The highest BCUT2D eigenvalue weighted by Gasteiger charge is 2.19. The Morgan fingerprint density at radius 1 is 0.650 bits per heavy atom. The van der Waals surface area contributed by atoms with E-state index in [-0.39, 0.29) is 0 Å². The van der Waals surface area contributed by atoms with E-state index in [0.717, 1.165) is 38.5 Å². The molecule has 20 heavy (non-hydrogen) atoms. The summed E-state index contributed by atoms with van der Waals surface area (Å²) < 4.78 is 0. The van der Waals surface area contributed by atoms with Crippen molar-refractivity contribution in [3.8, 4) is 0 Å². The van der Waals surface area contributed by atoms with Crippen molar-refractivity contribution in [2.75, 3.05) is 26.2 Å². The van der Waals surface area contributed by atoms with Crippen LogP contribution >= 0.6 is 0 Å². The minimum atomic E-state index is -0.553. The summed E-state index contributed by atoms with van der Waals surface area (Å²) in [5, 5.41) is 6.29. The lowest BCUT2D eigenvalue weighted by Gasteiger charge is -2.24. The van der Waals surface area contributed by atoms with E-state index in [1.54, 1.807) is 9.80 Å². The Labute approximate surface area is 117 Å². The molecule has 2 fully saturated rings. The molecule has 0 atom stereocenters. The zero-order valence-corrected chi connectivity index (χ0v) is 11.5. The van der Waals surface area contributed by atoms with Crippen LogP contribution < -0.4 is 0 Å². The molecule has 2 amide bonds. The molecule has 2 heterocycles. The molecule has 8 heteroatoms. The molecule has 0 aromatic heterocycles. The van der Waals surface area contributed by atoms with Gasteiger partial charge in [-0.2, -0.15) is 0 Å². The predicted molar refractivity (Wildman–Crippen MR) is 68.7 cm³/mol. The van der Waals surface area contributed by atoms with E-state index in [9.17, 15) is 9.59 Å². The van der Waals surface area contributed by atoms with E-state index in [4.69, 9.17) is 0 Å². The van der Waals surface area contributed by atoms with Gasteiger partial charge in [0.25, 0.3) is 0 Å². The summed E-state index contributed by atoms with van der Waals surface area (Å²) in [7, 11) is 0. The molecule has 2 rings (SSSR count). The first-order chi connectivity index (χ1) is 9.77. The maximum Gasteiger partial charge on any atom is 0.437 e. The third kappa shape index (κ3) is 4.36. The molecule has 0 saturated carbocycles. The number of carbonyl (C=O) groups is 2. The van der Waals surface area contributed by atoms with E-state index < -0.39 is 12.2 Å². The molecular weight excluding hydrogens is 264 g/mol. The predicted octanol–water partition coefficient (Wildman–Crippen LogP) is 2.51. The molecule has 2 aliphatic heterocycles. The fourth-order valence-corrected chi connectivity index (χ4v) is 2.37. The second-order valence-corrected chi connectivity index (χ2v) is 4.97. The zero-order valence-electron chi connectivity index (χ0n) is 11.5. The third-order valence-electron chi connectivity index (χ3n) is 3.50. The van der Waals surface area contributed by atoms with Gasteiger partial charge in [0.1, 0.15) is 0 Å². The highest BCUT2D eigenvalue weighted by molar-refractivity contribution is 5.68. The van der Waals surface area contributed by atoms with E-state index in [2.05, 4.69) is 20.2 Å². The summed E-state index contributed by atoms with van der Waals surface area (Å²) in [5.74, 6) is 0. The Balaban J connectivity index is 1.65. The molecule has 0 radical (unpaired) electrons. The van der Waals surface area contributed by atoms with Crippen LogP contribution in [-0.4, -0.2) is 48.2 Å². The van der Waals surface area contributed by atoms with Gasteiger partial charge in [-0.15, -0.1) is 0 Å². The van der Waals surface area contributed by atoms with Crippen molar-refractivity contribution in [2.45, 2.75) is 38.5 Å². The van der Waals surface area contributed by atoms with Gasteiger partial charge in [-0.3, -0.25) is 9.68 Å². The number of piperidine rings is 2. The zero-order chi connectivity index (χ0) is 14.2. The average molecular weight is 284 g/mol. The molecule has 0 aliphatic carbocycles. The lowest BCUT2D eigenvalue weighted by Crippen LogP contribution is -2.35. The van der Waals surface area contributed by atoms with Gasteiger partial charge in [0, 0.05) is 26.2 Å². The normalized spacial score (nSPS) is 20.0. The number of hydrogen-bond donors (Lipinski definition) is 0. The van der Waals surface area contributed by atoms with Crippen molar-refractivity contribution in [3.05, 3.63) is 0 Å². The van der Waals surface area contributed by atoms with Gasteiger partial charge in [-0.05, 0) is 38.5 Å². The largest absolute Gasteiger partial charge is 0.437 e. The number of likely N-dealkylation sites (tertiary alicyclic amines) is 2. The minimum absolute atomic E-state index is 0.553. The van der Waals surface area contributed by atoms with Crippen LogP contribution in [0.3, 0.4) is 0 Å². The van der Waals surface area contributed by atoms with Gasteiger partial charge < -0.3 is 9.80 Å². The van der Waals surface area contributed by atoms with Crippen LogP contribution in [0.15, 0.2) is 10.6 Å². The summed E-state index contributed by atoms with van der Waals surface area (Å²) >= 11 is 0. The highest BCUT2D eigenvalue weighted by atomic mass is 16.8. The Morgan fingerprint density at radius 2 is 1.00 bits per heavy atom. The summed E-state index contributed by atoms with van der Waals surface area (Å²) in [6, 6.07) is 0. The van der Waals surface area contributed by atoms with Crippen molar-refractivity contribution >= 4 is 12.2 Å². The third-order valence-corrected chi connectivity index (χ3v) is 3.50. The Hall–Kier alpha value is -1.86. The first-order valence-electron chi connectivity index (χ1n) is 7.09. The highest BCUT2D eigenvalue weighted by Crippen LogP contribution is 2.11. The van der Waals surface area contributed by atoms with Gasteiger partial charge in [-0.25, -0.2) is 9.59 Å². The second kappa shape index (κ2) is 7.66. The van der Waals surface area contributed by atoms with E-state index >= 15 is 0 Å². The summed E-state index contributed by atoms with van der Waals surface area (Å²) in [5.41, 5.74) is 0. The quantitative estimate of drug-likeness (QED) is 0.576. The molecule has 0 spiro atoms. The van der Waals surface area contributed by atoms with Crippen LogP contribution in [0.25, 0.3) is 0 Å². The number of carbonyl (C=O) groups excluding carboxylic acids is 2. The maximum atomic E-state index is 11.5. The molecule has 112 valence electrons. The van der Waals surface area contributed by atoms with Gasteiger partial charge in [-0.1, -0.05) is 0 Å². The minimum Gasteiger partial charge on any atom is -0.306 e. The SMILES string of the molecule is O=C(ON=NOC(=O)N1CCCCC1)N1CCCCC1. The smallest absolute Gasteiger partial charge is 0.306 e. The fraction of sp³-hybridized carbons (Fsp3) is 0.833. The maximum absolute atomic E-state index is 11.5. The fourth-order valence-electron chi connectivity index (χ4n) is 2.37. The van der Waals surface area contributed by atoms with E-state index in [0.29, 0.717) is 26.2 Å². The molecule has 2 aliphatic rings. The molecule has 0 N–H and O–H groups in total. The van der Waals surface area contributed by atoms with Gasteiger partial charge in [0.05, 0.1) is 10.6 Å². The van der Waals surface area contributed by atoms with Gasteiger partial charge in [0.2, 0.25) is 0 Å². The van der Waals surface area contributed by atoms with Crippen LogP contribution in [0.1, 0.15) is 38.5 Å². The van der Waals surface area contributed by atoms with Gasteiger partial charge >= 0.3 is 12.2 Å². The molecule has 0 bridgehead atoms. The van der Waals surface area contributed by atoms with E-state index in [1.807, 2.05) is 0 Å². The van der Waals surface area contributed by atoms with Crippen molar-refractivity contribution < 1.29 is 19.3 Å². The molecule has 0 aromatic rings. The standard InChI is InChI=1S/C12H20N4O4/c17-11(15-7-3-1-4-8-15)19-13-14-20-12(18)16-9-5-2-6-10-16/h1-10H2. The monoisotopic (exact) mass is 284 g/mol. The average Bonchev–Trinajstić information content (AvgIpc) is 2.53. The van der Waals surface area contributed by atoms with E-state index in [1.165, 1.54) is 0 Å². The lowest BCUT2D eigenvalue weighted by molar-refractivity contribution is 0.0500. The van der Waals surface area contributed by atoms with Crippen molar-refractivity contribution in [2.24, 2.45) is 10.6 Å². The van der Waals surface area contributed by atoms with Crippen molar-refractivity contribution in [3.63, 3.8) is 0 Å². The summed E-state index contributed by atoms with van der Waals surface area (Å²) in [6.07, 6.45) is 5.01. The van der Waals surface area contributed by atoms with Crippen LogP contribution in [-0.2, 0) is 9.68 Å². The first-order valence-corrected chi connectivity index (χ1v) is 7.09. The van der Waals surface area contributed by atoms with Crippen molar-refractivity contribution in [1.82, 2.24) is 9.80 Å². The van der Waals surface area contributed by atoms with Crippen molar-refractivity contribution in [1.29, 1.82) is 0 Å². The first kappa shape index (κ1) is 14.5. The lowest BCUT2D eigenvalue weighted by atomic mass is 10.1. The second-order valence-electron chi connectivity index (χ2n) is 4.97. The van der Waals surface area contributed by atoms with Crippen LogP contribution in [0.2, 0.25) is 0 Å². The molecular formula is C12H20N4O4. The number of hydrogen-bond acceptors (Lipinski definition) is 6. The Kier molecular flexibility index (Phi) is 5.57. The van der Waals surface area contributed by atoms with Crippen LogP contribution in [0.4, 0.5) is 9.59 Å².